The summed E-state index contributed by atoms with van der Waals surface area (Å²) in [6.07, 6.45) is 14.1. The lowest BCUT2D eigenvalue weighted by atomic mass is 10.1. The lowest BCUT2D eigenvalue weighted by Gasteiger charge is -2.08. The number of benzene rings is 4. The Hall–Kier alpha value is -5.06. The van der Waals surface area contributed by atoms with E-state index < -0.39 is 11.9 Å². The van der Waals surface area contributed by atoms with E-state index in [1.165, 1.54) is 51.4 Å². The van der Waals surface area contributed by atoms with Gasteiger partial charge in [-0.05, 0) is 96.8 Å². The first-order valence-electron chi connectivity index (χ1n) is 17.4. The molecule has 0 unspecified atom stereocenters. The molecular weight excluding hydrogens is 592 g/mol. The van der Waals surface area contributed by atoms with Crippen molar-refractivity contribution in [3.05, 3.63) is 119 Å². The minimum atomic E-state index is -0.417. The molecule has 0 aliphatic rings. The van der Waals surface area contributed by atoms with E-state index in [2.05, 4.69) is 37.5 Å². The van der Waals surface area contributed by atoms with Crippen molar-refractivity contribution >= 4 is 11.9 Å². The Morgan fingerprint density at radius 1 is 0.458 bits per heavy atom. The minimum absolute atomic E-state index is 0.417. The molecule has 0 spiro atoms. The summed E-state index contributed by atoms with van der Waals surface area (Å²) in [7, 11) is 0. The smallest absolute Gasteiger partial charge is 0.343 e. The summed E-state index contributed by atoms with van der Waals surface area (Å²) in [6, 6.07) is 29.0. The van der Waals surface area contributed by atoms with E-state index in [1.807, 2.05) is 48.5 Å². The van der Waals surface area contributed by atoms with Crippen LogP contribution in [-0.2, 0) is 0 Å². The van der Waals surface area contributed by atoms with Gasteiger partial charge < -0.3 is 9.47 Å². The fraction of sp³-hybridized carbons (Fsp3) is 0.318. The molecule has 0 aliphatic heterocycles. The predicted octanol–water partition coefficient (Wildman–Crippen LogP) is 11.2. The SMILES string of the molecule is CCCCCCCC#Cc1ccc(C(=O)Oc2ccc(-c3ccc(OC(=O)c4ccc(C#CCCCCCCC)cc4)cc3)cc2)cc1. The van der Waals surface area contributed by atoms with Crippen molar-refractivity contribution < 1.29 is 19.1 Å². The molecule has 0 N–H and O–H groups in total. The Morgan fingerprint density at radius 2 is 0.812 bits per heavy atom. The summed E-state index contributed by atoms with van der Waals surface area (Å²) in [5.41, 5.74) is 4.62. The summed E-state index contributed by atoms with van der Waals surface area (Å²) in [5.74, 6) is 12.9. The zero-order valence-electron chi connectivity index (χ0n) is 28.4. The summed E-state index contributed by atoms with van der Waals surface area (Å²) in [4.78, 5) is 25.4. The van der Waals surface area contributed by atoms with Crippen molar-refractivity contribution in [2.75, 3.05) is 0 Å². The summed E-state index contributed by atoms with van der Waals surface area (Å²) in [6.45, 7) is 4.43. The van der Waals surface area contributed by atoms with Crippen LogP contribution < -0.4 is 9.47 Å². The summed E-state index contributed by atoms with van der Waals surface area (Å²) < 4.78 is 11.2. The van der Waals surface area contributed by atoms with Gasteiger partial charge in [0.1, 0.15) is 11.5 Å². The fourth-order valence-corrected chi connectivity index (χ4v) is 5.11. The Balaban J connectivity index is 1.23. The molecule has 4 heteroatoms. The van der Waals surface area contributed by atoms with Gasteiger partial charge in [0.05, 0.1) is 11.1 Å². The molecule has 0 aliphatic carbocycles. The van der Waals surface area contributed by atoms with E-state index in [-0.39, 0.29) is 0 Å². The highest BCUT2D eigenvalue weighted by Crippen LogP contribution is 2.25. The second-order valence-electron chi connectivity index (χ2n) is 11.9. The number of hydrogen-bond donors (Lipinski definition) is 0. The van der Waals surface area contributed by atoms with Crippen LogP contribution in [0.4, 0.5) is 0 Å². The van der Waals surface area contributed by atoms with Crippen LogP contribution in [0.5, 0.6) is 11.5 Å². The molecule has 4 nitrogen and oxygen atoms in total. The predicted molar refractivity (Wildman–Crippen MR) is 195 cm³/mol. The highest BCUT2D eigenvalue weighted by atomic mass is 16.5. The van der Waals surface area contributed by atoms with Crippen molar-refractivity contribution in [1.82, 2.24) is 0 Å². The van der Waals surface area contributed by atoms with Gasteiger partial charge in [0.2, 0.25) is 0 Å². The Labute approximate surface area is 286 Å². The van der Waals surface area contributed by atoms with Gasteiger partial charge in [-0.15, -0.1) is 0 Å². The number of unbranched alkanes of at least 4 members (excludes halogenated alkanes) is 10. The van der Waals surface area contributed by atoms with Crippen molar-refractivity contribution in [3.63, 3.8) is 0 Å². The number of carbonyl (C=O) groups is 2. The molecule has 0 radical (unpaired) electrons. The highest BCUT2D eigenvalue weighted by molar-refractivity contribution is 5.92. The first kappa shape index (κ1) is 35.8. The van der Waals surface area contributed by atoms with Crippen molar-refractivity contribution in [1.29, 1.82) is 0 Å². The zero-order chi connectivity index (χ0) is 33.8. The van der Waals surface area contributed by atoms with Crippen LogP contribution in [0, 0.1) is 23.7 Å². The maximum Gasteiger partial charge on any atom is 0.343 e. The van der Waals surface area contributed by atoms with E-state index in [4.69, 9.17) is 9.47 Å². The molecule has 48 heavy (non-hydrogen) atoms. The molecule has 0 bridgehead atoms. The van der Waals surface area contributed by atoms with E-state index in [0.29, 0.717) is 22.6 Å². The molecule has 0 saturated heterocycles. The average Bonchev–Trinajstić information content (AvgIpc) is 3.12. The third-order valence-electron chi connectivity index (χ3n) is 7.98. The molecular formula is C44H46O4. The van der Waals surface area contributed by atoms with Crippen molar-refractivity contribution in [2.24, 2.45) is 0 Å². The largest absolute Gasteiger partial charge is 0.423 e. The monoisotopic (exact) mass is 638 g/mol. The molecule has 4 rings (SSSR count). The summed E-state index contributed by atoms with van der Waals surface area (Å²) >= 11 is 0. The molecule has 0 heterocycles. The van der Waals surface area contributed by atoms with Gasteiger partial charge in [-0.2, -0.15) is 0 Å². The highest BCUT2D eigenvalue weighted by Gasteiger charge is 2.11. The van der Waals surface area contributed by atoms with Crippen LogP contribution in [-0.4, -0.2) is 11.9 Å². The molecule has 0 saturated carbocycles. The van der Waals surface area contributed by atoms with E-state index in [9.17, 15) is 9.59 Å². The van der Waals surface area contributed by atoms with Gasteiger partial charge in [-0.25, -0.2) is 9.59 Å². The van der Waals surface area contributed by atoms with Crippen LogP contribution in [0.1, 0.15) is 123 Å². The van der Waals surface area contributed by atoms with Gasteiger partial charge in [-0.1, -0.05) is 113 Å². The van der Waals surface area contributed by atoms with Crippen molar-refractivity contribution in [3.8, 4) is 46.3 Å². The van der Waals surface area contributed by atoms with Crippen LogP contribution in [0.15, 0.2) is 97.1 Å². The molecule has 4 aromatic carbocycles. The third-order valence-corrected chi connectivity index (χ3v) is 7.98. The number of carbonyl (C=O) groups excluding carboxylic acids is 2. The molecule has 0 aromatic heterocycles. The van der Waals surface area contributed by atoms with Gasteiger partial charge in [-0.3, -0.25) is 0 Å². The van der Waals surface area contributed by atoms with Gasteiger partial charge in [0.15, 0.2) is 0 Å². The van der Waals surface area contributed by atoms with Crippen LogP contribution >= 0.6 is 0 Å². The van der Waals surface area contributed by atoms with Crippen LogP contribution in [0.2, 0.25) is 0 Å². The Bertz CT molecular complexity index is 1560. The topological polar surface area (TPSA) is 52.6 Å². The van der Waals surface area contributed by atoms with Crippen molar-refractivity contribution in [2.45, 2.75) is 90.9 Å². The third kappa shape index (κ3) is 12.3. The number of hydrogen-bond acceptors (Lipinski definition) is 4. The molecule has 0 amide bonds. The zero-order valence-corrected chi connectivity index (χ0v) is 28.4. The molecule has 246 valence electrons. The van der Waals surface area contributed by atoms with E-state index in [1.54, 1.807) is 48.5 Å². The van der Waals surface area contributed by atoms with Crippen LogP contribution in [0.3, 0.4) is 0 Å². The maximum absolute atomic E-state index is 12.7. The quantitative estimate of drug-likeness (QED) is 0.0563. The molecule has 4 aromatic rings. The summed E-state index contributed by atoms with van der Waals surface area (Å²) in [5, 5.41) is 0. The lowest BCUT2D eigenvalue weighted by molar-refractivity contribution is 0.0725. The number of esters is 2. The minimum Gasteiger partial charge on any atom is -0.423 e. The maximum atomic E-state index is 12.7. The second kappa shape index (κ2) is 20.2. The number of ether oxygens (including phenoxy) is 2. The number of rotatable bonds is 15. The van der Waals surface area contributed by atoms with E-state index >= 15 is 0 Å². The normalized spacial score (nSPS) is 10.3. The first-order valence-corrected chi connectivity index (χ1v) is 17.4. The average molecular weight is 639 g/mol. The van der Waals surface area contributed by atoms with E-state index in [0.717, 1.165) is 47.9 Å². The first-order chi connectivity index (χ1) is 23.6. The Kier molecular flexibility index (Phi) is 15.1. The molecule has 0 atom stereocenters. The lowest BCUT2D eigenvalue weighted by Crippen LogP contribution is -2.08. The van der Waals surface area contributed by atoms with Crippen LogP contribution in [0.25, 0.3) is 11.1 Å². The molecule has 0 fully saturated rings. The second-order valence-corrected chi connectivity index (χ2v) is 11.9. The Morgan fingerprint density at radius 3 is 1.17 bits per heavy atom. The fourth-order valence-electron chi connectivity index (χ4n) is 5.11. The van der Waals surface area contributed by atoms with Gasteiger partial charge in [0.25, 0.3) is 0 Å². The van der Waals surface area contributed by atoms with Gasteiger partial charge >= 0.3 is 11.9 Å². The standard InChI is InChI=1S/C44H46O4/c1-3-5-7-9-11-13-15-17-35-19-23-39(24-20-35)43(45)47-41-31-27-37(28-32-41)38-29-33-42(34-30-38)48-44(46)40-25-21-36(22-26-40)18-16-14-12-10-8-6-4-2/h19-34H,3-14H2,1-2H3. The van der Waals surface area contributed by atoms with Gasteiger partial charge in [0, 0.05) is 24.0 Å².